The monoisotopic (exact) mass is 396 g/mol. The summed E-state index contributed by atoms with van der Waals surface area (Å²) in [6, 6.07) is 0. The van der Waals surface area contributed by atoms with E-state index in [0.717, 1.165) is 0 Å². The van der Waals surface area contributed by atoms with E-state index in [1.807, 2.05) is 0 Å². The third kappa shape index (κ3) is 16.9. The topological polar surface area (TPSA) is 0 Å². The summed E-state index contributed by atoms with van der Waals surface area (Å²) in [6.45, 7) is 15.1. The molecule has 0 spiro atoms. The van der Waals surface area contributed by atoms with E-state index in [9.17, 15) is 0 Å². The second kappa shape index (κ2) is 21.7. The van der Waals surface area contributed by atoms with Gasteiger partial charge in [0.15, 0.2) is 0 Å². The standard InChI is InChI=1S/C27H58N/c1-5-9-12-13-14-15-16-17-18-19-20-21-22-23-27-28(24-8-4,25-10-6-2)26-11-7-3/h5-27H2,1-4H3/q+1. The Morgan fingerprint density at radius 2 is 0.607 bits per heavy atom. The molecule has 0 heterocycles. The van der Waals surface area contributed by atoms with Crippen molar-refractivity contribution >= 4 is 0 Å². The van der Waals surface area contributed by atoms with Gasteiger partial charge in [-0.05, 0) is 32.1 Å². The Kier molecular flexibility index (Phi) is 21.6. The lowest BCUT2D eigenvalue weighted by Crippen LogP contribution is -2.50. The maximum Gasteiger partial charge on any atom is 0.0786 e. The van der Waals surface area contributed by atoms with Gasteiger partial charge in [-0.25, -0.2) is 0 Å². The summed E-state index contributed by atoms with van der Waals surface area (Å²) in [5, 5.41) is 0. The zero-order valence-corrected chi connectivity index (χ0v) is 20.7. The number of hydrogen-bond acceptors (Lipinski definition) is 0. The van der Waals surface area contributed by atoms with Gasteiger partial charge in [0.2, 0.25) is 0 Å². The lowest BCUT2D eigenvalue weighted by atomic mass is 10.0. The summed E-state index contributed by atoms with van der Waals surface area (Å²) in [7, 11) is 0. The Labute approximate surface area is 180 Å². The van der Waals surface area contributed by atoms with Crippen LogP contribution in [0.3, 0.4) is 0 Å². The van der Waals surface area contributed by atoms with E-state index in [-0.39, 0.29) is 0 Å². The molecule has 0 aliphatic heterocycles. The number of quaternary nitrogens is 1. The van der Waals surface area contributed by atoms with Gasteiger partial charge >= 0.3 is 0 Å². The van der Waals surface area contributed by atoms with E-state index in [2.05, 4.69) is 27.7 Å². The molecule has 0 bridgehead atoms. The van der Waals surface area contributed by atoms with Crippen molar-refractivity contribution in [1.29, 1.82) is 0 Å². The molecule has 170 valence electrons. The number of unbranched alkanes of at least 4 members (excludes halogenated alkanes) is 15. The molecule has 1 nitrogen and oxygen atoms in total. The molecule has 0 fully saturated rings. The fraction of sp³-hybridized carbons (Fsp3) is 1.00. The van der Waals surface area contributed by atoms with Crippen LogP contribution in [0.1, 0.15) is 150 Å². The molecule has 0 aliphatic rings. The largest absolute Gasteiger partial charge is 0.324 e. The van der Waals surface area contributed by atoms with Crippen molar-refractivity contribution in [2.75, 3.05) is 26.2 Å². The van der Waals surface area contributed by atoms with Crippen molar-refractivity contribution in [1.82, 2.24) is 0 Å². The van der Waals surface area contributed by atoms with Crippen molar-refractivity contribution in [3.63, 3.8) is 0 Å². The predicted molar refractivity (Wildman–Crippen MR) is 130 cm³/mol. The van der Waals surface area contributed by atoms with Crippen LogP contribution in [0, 0.1) is 0 Å². The van der Waals surface area contributed by atoms with Gasteiger partial charge in [0.05, 0.1) is 26.2 Å². The highest BCUT2D eigenvalue weighted by atomic mass is 15.3. The van der Waals surface area contributed by atoms with Gasteiger partial charge in [-0.1, -0.05) is 118 Å². The molecule has 0 amide bonds. The quantitative estimate of drug-likeness (QED) is 0.119. The summed E-state index contributed by atoms with van der Waals surface area (Å²) in [6.07, 6.45) is 27.4. The zero-order valence-electron chi connectivity index (χ0n) is 20.7. The first-order chi connectivity index (χ1) is 13.7. The second-order valence-electron chi connectivity index (χ2n) is 9.54. The fourth-order valence-corrected chi connectivity index (χ4v) is 4.77. The molecule has 0 unspecified atom stereocenters. The summed E-state index contributed by atoms with van der Waals surface area (Å²) >= 11 is 0. The highest BCUT2D eigenvalue weighted by Gasteiger charge is 2.24. The predicted octanol–water partition coefficient (Wildman–Crippen LogP) is 9.29. The van der Waals surface area contributed by atoms with E-state index in [1.165, 1.54) is 153 Å². The molecule has 0 saturated carbocycles. The number of nitrogens with zero attached hydrogens (tertiary/aromatic N) is 1. The molecule has 0 N–H and O–H groups in total. The van der Waals surface area contributed by atoms with E-state index in [4.69, 9.17) is 0 Å². The van der Waals surface area contributed by atoms with Crippen LogP contribution in [0.2, 0.25) is 0 Å². The molecule has 0 aliphatic carbocycles. The molecule has 0 aromatic carbocycles. The first-order valence-corrected chi connectivity index (χ1v) is 13.6. The molecule has 0 radical (unpaired) electrons. The lowest BCUT2D eigenvalue weighted by Gasteiger charge is -2.39. The second-order valence-corrected chi connectivity index (χ2v) is 9.54. The van der Waals surface area contributed by atoms with Gasteiger partial charge in [0, 0.05) is 0 Å². The minimum atomic E-state index is 1.35. The Bertz CT molecular complexity index is 278. The lowest BCUT2D eigenvalue weighted by molar-refractivity contribution is -0.929. The molecule has 1 heteroatoms. The highest BCUT2D eigenvalue weighted by molar-refractivity contribution is 4.52. The van der Waals surface area contributed by atoms with Crippen LogP contribution in [0.5, 0.6) is 0 Å². The van der Waals surface area contributed by atoms with Gasteiger partial charge in [0.25, 0.3) is 0 Å². The summed E-state index contributed by atoms with van der Waals surface area (Å²) in [5.41, 5.74) is 0. The molecule has 0 aromatic heterocycles. The summed E-state index contributed by atoms with van der Waals surface area (Å²) in [5.74, 6) is 0. The van der Waals surface area contributed by atoms with Gasteiger partial charge < -0.3 is 4.48 Å². The van der Waals surface area contributed by atoms with Gasteiger partial charge in [-0.2, -0.15) is 0 Å². The average Bonchev–Trinajstić information content (AvgIpc) is 2.71. The van der Waals surface area contributed by atoms with Crippen molar-refractivity contribution in [2.45, 2.75) is 150 Å². The molecule has 0 rings (SSSR count). The van der Waals surface area contributed by atoms with Crippen LogP contribution in [-0.2, 0) is 0 Å². The van der Waals surface area contributed by atoms with E-state index in [0.29, 0.717) is 0 Å². The Hall–Kier alpha value is -0.0400. The van der Waals surface area contributed by atoms with Gasteiger partial charge in [-0.3, -0.25) is 0 Å². The average molecular weight is 397 g/mol. The summed E-state index contributed by atoms with van der Waals surface area (Å²) in [4.78, 5) is 0. The smallest absolute Gasteiger partial charge is 0.0786 e. The normalized spacial score (nSPS) is 12.0. The van der Waals surface area contributed by atoms with Gasteiger partial charge in [-0.15, -0.1) is 0 Å². The van der Waals surface area contributed by atoms with Crippen molar-refractivity contribution in [2.24, 2.45) is 0 Å². The van der Waals surface area contributed by atoms with Crippen LogP contribution < -0.4 is 0 Å². The van der Waals surface area contributed by atoms with Crippen LogP contribution in [0.15, 0.2) is 0 Å². The maximum atomic E-state index is 2.39. The first kappa shape index (κ1) is 28.0. The van der Waals surface area contributed by atoms with Crippen molar-refractivity contribution in [3.05, 3.63) is 0 Å². The Morgan fingerprint density at radius 3 is 0.964 bits per heavy atom. The SMILES string of the molecule is CCCCCCCCCCCCCCCC[N+](CCC)(CCCC)CCCC. The first-order valence-electron chi connectivity index (χ1n) is 13.6. The van der Waals surface area contributed by atoms with Crippen LogP contribution in [0.25, 0.3) is 0 Å². The third-order valence-electron chi connectivity index (χ3n) is 6.66. The van der Waals surface area contributed by atoms with E-state index in [1.54, 1.807) is 0 Å². The van der Waals surface area contributed by atoms with Crippen molar-refractivity contribution < 1.29 is 4.48 Å². The molecule has 0 aromatic rings. The maximum absolute atomic E-state index is 2.39. The minimum Gasteiger partial charge on any atom is -0.324 e. The third-order valence-corrected chi connectivity index (χ3v) is 6.66. The zero-order chi connectivity index (χ0) is 20.8. The molecule has 28 heavy (non-hydrogen) atoms. The number of rotatable bonds is 23. The molecular formula is C27H58N+. The molecule has 0 atom stereocenters. The summed E-state index contributed by atoms with van der Waals surface area (Å²) < 4.78 is 1.43. The Morgan fingerprint density at radius 1 is 0.286 bits per heavy atom. The fourth-order valence-electron chi connectivity index (χ4n) is 4.77. The van der Waals surface area contributed by atoms with Crippen LogP contribution in [-0.4, -0.2) is 30.7 Å². The van der Waals surface area contributed by atoms with E-state index < -0.39 is 0 Å². The molecule has 0 saturated heterocycles. The highest BCUT2D eigenvalue weighted by Crippen LogP contribution is 2.18. The van der Waals surface area contributed by atoms with Crippen molar-refractivity contribution in [3.8, 4) is 0 Å². The Balaban J connectivity index is 3.70. The van der Waals surface area contributed by atoms with E-state index >= 15 is 0 Å². The number of hydrogen-bond donors (Lipinski definition) is 0. The minimum absolute atomic E-state index is 1.35. The van der Waals surface area contributed by atoms with Crippen LogP contribution >= 0.6 is 0 Å². The van der Waals surface area contributed by atoms with Gasteiger partial charge in [0.1, 0.15) is 0 Å². The van der Waals surface area contributed by atoms with Crippen LogP contribution in [0.4, 0.5) is 0 Å². The molecular weight excluding hydrogens is 338 g/mol.